The molecule has 0 radical (unpaired) electrons. The number of rotatable bonds is 2. The number of carbonyl (C=O) groups excluding carboxylic acids is 1. The minimum atomic E-state index is -0.253. The van der Waals surface area contributed by atoms with Gasteiger partial charge in [-0.2, -0.15) is 0 Å². The Labute approximate surface area is 125 Å². The second kappa shape index (κ2) is 5.66. The van der Waals surface area contributed by atoms with Gasteiger partial charge in [0.1, 0.15) is 0 Å². The van der Waals surface area contributed by atoms with E-state index in [1.54, 1.807) is 0 Å². The summed E-state index contributed by atoms with van der Waals surface area (Å²) in [6.45, 7) is 1.93. The first-order valence-electron chi connectivity index (χ1n) is 7.67. The standard InChI is InChI=1S/C16H23N3O2/c1-10(17)11-2-4-12(5-3-11)18-16(21)19-13-6-7-14(19)9-15(20)8-13/h2-5,10,13-15,20H,6-9,17H2,1H3,(H,18,21). The zero-order valence-corrected chi connectivity index (χ0v) is 12.3. The Hall–Kier alpha value is -1.59. The van der Waals surface area contributed by atoms with Crippen molar-refractivity contribution in [2.24, 2.45) is 5.73 Å². The Morgan fingerprint density at radius 3 is 2.38 bits per heavy atom. The number of nitrogens with zero attached hydrogens (tertiary/aromatic N) is 1. The molecule has 2 heterocycles. The smallest absolute Gasteiger partial charge is 0.322 e. The van der Waals surface area contributed by atoms with Crippen molar-refractivity contribution in [3.8, 4) is 0 Å². The molecule has 2 bridgehead atoms. The SMILES string of the molecule is CC(N)c1ccc(NC(=O)N2C3CCC2CC(O)C3)cc1. The van der Waals surface area contributed by atoms with Crippen LogP contribution in [0.25, 0.3) is 0 Å². The van der Waals surface area contributed by atoms with Gasteiger partial charge in [-0.05, 0) is 50.3 Å². The molecule has 2 aliphatic rings. The summed E-state index contributed by atoms with van der Waals surface area (Å²) >= 11 is 0. The number of nitrogens with one attached hydrogen (secondary N) is 1. The van der Waals surface area contributed by atoms with Crippen LogP contribution in [0.1, 0.15) is 44.2 Å². The molecule has 5 nitrogen and oxygen atoms in total. The van der Waals surface area contributed by atoms with Crippen molar-refractivity contribution in [2.45, 2.75) is 56.8 Å². The first-order chi connectivity index (χ1) is 10.0. The minimum absolute atomic E-state index is 0.00539. The summed E-state index contributed by atoms with van der Waals surface area (Å²) < 4.78 is 0. The first-order valence-corrected chi connectivity index (χ1v) is 7.67. The van der Waals surface area contributed by atoms with Crippen molar-refractivity contribution in [3.05, 3.63) is 29.8 Å². The maximum absolute atomic E-state index is 12.5. The summed E-state index contributed by atoms with van der Waals surface area (Å²) in [4.78, 5) is 14.4. The van der Waals surface area contributed by atoms with Gasteiger partial charge in [-0.1, -0.05) is 12.1 Å². The number of hydrogen-bond acceptors (Lipinski definition) is 3. The number of piperidine rings is 1. The summed E-state index contributed by atoms with van der Waals surface area (Å²) in [6, 6.07) is 7.96. The Morgan fingerprint density at radius 2 is 1.86 bits per heavy atom. The molecule has 0 saturated carbocycles. The van der Waals surface area contributed by atoms with Gasteiger partial charge in [0.25, 0.3) is 0 Å². The molecular formula is C16H23N3O2. The molecule has 2 aliphatic heterocycles. The third kappa shape index (κ3) is 2.89. The molecular weight excluding hydrogens is 266 g/mol. The minimum Gasteiger partial charge on any atom is -0.393 e. The monoisotopic (exact) mass is 289 g/mol. The van der Waals surface area contributed by atoms with Crippen molar-refractivity contribution < 1.29 is 9.90 Å². The first kappa shape index (κ1) is 14.4. The molecule has 0 aromatic heterocycles. The number of amides is 2. The van der Waals surface area contributed by atoms with Crippen molar-refractivity contribution >= 4 is 11.7 Å². The summed E-state index contributed by atoms with van der Waals surface area (Å²) in [5, 5.41) is 12.7. The van der Waals surface area contributed by atoms with Crippen molar-refractivity contribution in [1.82, 2.24) is 4.90 Å². The molecule has 2 saturated heterocycles. The number of fused-ring (bicyclic) bond motifs is 2. The van der Waals surface area contributed by atoms with Crippen LogP contribution in [-0.4, -0.2) is 34.2 Å². The normalized spacial score (nSPS) is 29.3. The van der Waals surface area contributed by atoms with Gasteiger partial charge >= 0.3 is 6.03 Å². The van der Waals surface area contributed by atoms with Gasteiger partial charge in [0.2, 0.25) is 0 Å². The number of hydrogen-bond donors (Lipinski definition) is 3. The van der Waals surface area contributed by atoms with Crippen LogP contribution >= 0.6 is 0 Å². The highest BCUT2D eigenvalue weighted by Gasteiger charge is 2.42. The summed E-state index contributed by atoms with van der Waals surface area (Å²) in [7, 11) is 0. The van der Waals surface area contributed by atoms with Crippen LogP contribution in [0.15, 0.2) is 24.3 Å². The Bertz CT molecular complexity index is 501. The molecule has 1 aromatic carbocycles. The zero-order chi connectivity index (χ0) is 15.0. The molecule has 114 valence electrons. The van der Waals surface area contributed by atoms with E-state index in [-0.39, 0.29) is 30.3 Å². The van der Waals surface area contributed by atoms with Crippen molar-refractivity contribution in [3.63, 3.8) is 0 Å². The largest absolute Gasteiger partial charge is 0.393 e. The van der Waals surface area contributed by atoms with Gasteiger partial charge < -0.3 is 21.1 Å². The van der Waals surface area contributed by atoms with Crippen molar-refractivity contribution in [2.75, 3.05) is 5.32 Å². The van der Waals surface area contributed by atoms with Gasteiger partial charge in [0, 0.05) is 23.8 Å². The van der Waals surface area contributed by atoms with Crippen LogP contribution in [0, 0.1) is 0 Å². The molecule has 0 aliphatic carbocycles. The van der Waals surface area contributed by atoms with E-state index in [2.05, 4.69) is 5.32 Å². The van der Waals surface area contributed by atoms with E-state index in [4.69, 9.17) is 5.73 Å². The van der Waals surface area contributed by atoms with Crippen LogP contribution < -0.4 is 11.1 Å². The summed E-state index contributed by atoms with van der Waals surface area (Å²) in [5.74, 6) is 0. The lowest BCUT2D eigenvalue weighted by atomic mass is 10.0. The quantitative estimate of drug-likeness (QED) is 0.781. The lowest BCUT2D eigenvalue weighted by Gasteiger charge is -2.37. The third-order valence-corrected chi connectivity index (χ3v) is 4.63. The van der Waals surface area contributed by atoms with Crippen molar-refractivity contribution in [1.29, 1.82) is 0 Å². The van der Waals surface area contributed by atoms with E-state index in [0.717, 1.165) is 24.1 Å². The molecule has 5 heteroatoms. The van der Waals surface area contributed by atoms with Crippen LogP contribution in [0.3, 0.4) is 0 Å². The summed E-state index contributed by atoms with van der Waals surface area (Å²) in [5.41, 5.74) is 7.66. The Kier molecular flexibility index (Phi) is 3.87. The number of aliphatic hydroxyl groups excluding tert-OH is 1. The van der Waals surface area contributed by atoms with Gasteiger partial charge in [0.15, 0.2) is 0 Å². The van der Waals surface area contributed by atoms with Crippen LogP contribution in [0.5, 0.6) is 0 Å². The average Bonchev–Trinajstić information content (AvgIpc) is 2.72. The van der Waals surface area contributed by atoms with Crippen LogP contribution in [-0.2, 0) is 0 Å². The highest BCUT2D eigenvalue weighted by atomic mass is 16.3. The number of anilines is 1. The fourth-order valence-corrected chi connectivity index (χ4v) is 3.54. The molecule has 1 aromatic rings. The van der Waals surface area contributed by atoms with Gasteiger partial charge in [0.05, 0.1) is 6.10 Å². The predicted molar refractivity (Wildman–Crippen MR) is 82.0 cm³/mol. The lowest BCUT2D eigenvalue weighted by Crippen LogP contribution is -2.49. The van der Waals surface area contributed by atoms with Crippen LogP contribution in [0.4, 0.5) is 10.5 Å². The molecule has 2 amide bonds. The number of carbonyl (C=O) groups is 1. The Balaban J connectivity index is 1.66. The molecule has 0 spiro atoms. The maximum Gasteiger partial charge on any atom is 0.322 e. The number of benzene rings is 1. The van der Waals surface area contributed by atoms with E-state index >= 15 is 0 Å². The highest BCUT2D eigenvalue weighted by molar-refractivity contribution is 5.90. The third-order valence-electron chi connectivity index (χ3n) is 4.63. The molecule has 3 atom stereocenters. The molecule has 4 N–H and O–H groups in total. The van der Waals surface area contributed by atoms with Gasteiger partial charge in [-0.15, -0.1) is 0 Å². The van der Waals surface area contributed by atoms with Gasteiger partial charge in [-0.25, -0.2) is 4.79 Å². The zero-order valence-electron chi connectivity index (χ0n) is 12.3. The topological polar surface area (TPSA) is 78.6 Å². The Morgan fingerprint density at radius 1 is 1.29 bits per heavy atom. The molecule has 3 rings (SSSR count). The second-order valence-electron chi connectivity index (χ2n) is 6.26. The van der Waals surface area contributed by atoms with E-state index < -0.39 is 0 Å². The molecule has 3 unspecified atom stereocenters. The van der Waals surface area contributed by atoms with Gasteiger partial charge in [-0.3, -0.25) is 0 Å². The fraction of sp³-hybridized carbons (Fsp3) is 0.562. The molecule has 2 fully saturated rings. The fourth-order valence-electron chi connectivity index (χ4n) is 3.54. The van der Waals surface area contributed by atoms with E-state index in [9.17, 15) is 9.90 Å². The second-order valence-corrected chi connectivity index (χ2v) is 6.26. The van der Waals surface area contributed by atoms with E-state index in [1.807, 2.05) is 36.1 Å². The number of nitrogens with two attached hydrogens (primary N) is 1. The lowest BCUT2D eigenvalue weighted by molar-refractivity contribution is 0.0580. The van der Waals surface area contributed by atoms with Crippen LogP contribution in [0.2, 0.25) is 0 Å². The molecule has 21 heavy (non-hydrogen) atoms. The average molecular weight is 289 g/mol. The highest BCUT2D eigenvalue weighted by Crippen LogP contribution is 2.36. The maximum atomic E-state index is 12.5. The van der Waals surface area contributed by atoms with E-state index in [0.29, 0.717) is 12.8 Å². The predicted octanol–water partition coefficient (Wildman–Crippen LogP) is 2.23. The van der Waals surface area contributed by atoms with E-state index in [1.165, 1.54) is 0 Å². The number of aliphatic hydroxyl groups is 1. The number of urea groups is 1. The summed E-state index contributed by atoms with van der Waals surface area (Å²) in [6.07, 6.45) is 3.15.